The van der Waals surface area contributed by atoms with E-state index in [4.69, 9.17) is 4.74 Å². The van der Waals surface area contributed by atoms with Crippen LogP contribution in [0.5, 0.6) is 0 Å². The predicted octanol–water partition coefficient (Wildman–Crippen LogP) is 0.806. The number of carbonyl (C=O) groups is 1. The summed E-state index contributed by atoms with van der Waals surface area (Å²) >= 11 is 0. The smallest absolute Gasteiger partial charge is 0.319 e. The van der Waals surface area contributed by atoms with Gasteiger partial charge in [-0.15, -0.1) is 0 Å². The van der Waals surface area contributed by atoms with E-state index in [1.54, 1.807) is 0 Å². The Hall–Kier alpha value is -1.39. The summed E-state index contributed by atoms with van der Waals surface area (Å²) in [4.78, 5) is 13.5. The van der Waals surface area contributed by atoms with Gasteiger partial charge < -0.3 is 10.1 Å². The van der Waals surface area contributed by atoms with E-state index in [2.05, 4.69) is 22.3 Å². The summed E-state index contributed by atoms with van der Waals surface area (Å²) in [5, 5.41) is 3.36. The van der Waals surface area contributed by atoms with Gasteiger partial charge >= 0.3 is 5.97 Å². The molecule has 4 nitrogen and oxygen atoms in total. The van der Waals surface area contributed by atoms with Gasteiger partial charge in [0.1, 0.15) is 0 Å². The molecule has 4 heteroatoms. The second-order valence-electron chi connectivity index (χ2n) is 4.18. The molecule has 0 amide bonds. The van der Waals surface area contributed by atoms with Crippen LogP contribution in [0, 0.1) is 0 Å². The molecule has 1 unspecified atom stereocenters. The average molecular weight is 234 g/mol. The molecular weight excluding hydrogens is 216 g/mol. The molecule has 17 heavy (non-hydrogen) atoms. The number of esters is 1. The molecule has 0 spiro atoms. The van der Waals surface area contributed by atoms with E-state index in [9.17, 15) is 4.79 Å². The molecule has 0 aliphatic carbocycles. The average Bonchev–Trinajstić information content (AvgIpc) is 2.40. The molecule has 1 aliphatic heterocycles. The Bertz CT molecular complexity index is 367. The van der Waals surface area contributed by atoms with Crippen LogP contribution in [0.3, 0.4) is 0 Å². The summed E-state index contributed by atoms with van der Waals surface area (Å²) in [5.74, 6) is -0.173. The zero-order valence-electron chi connectivity index (χ0n) is 10.1. The van der Waals surface area contributed by atoms with E-state index >= 15 is 0 Å². The maximum Gasteiger partial charge on any atom is 0.319 e. The van der Waals surface area contributed by atoms with Gasteiger partial charge in [-0.25, -0.2) is 0 Å². The number of benzene rings is 1. The molecule has 0 radical (unpaired) electrons. The van der Waals surface area contributed by atoms with Crippen LogP contribution in [0.15, 0.2) is 30.3 Å². The maximum absolute atomic E-state index is 11.4. The molecule has 2 rings (SSSR count). The van der Waals surface area contributed by atoms with Crippen molar-refractivity contribution in [2.24, 2.45) is 0 Å². The molecule has 1 aromatic carbocycles. The molecular formula is C13H18N2O2. The molecule has 1 saturated heterocycles. The minimum Gasteiger partial charge on any atom is -0.468 e. The minimum absolute atomic E-state index is 0.173. The number of carbonyl (C=O) groups excluding carboxylic acids is 1. The third-order valence-electron chi connectivity index (χ3n) is 3.10. The highest BCUT2D eigenvalue weighted by atomic mass is 16.5. The molecule has 1 fully saturated rings. The van der Waals surface area contributed by atoms with Crippen molar-refractivity contribution < 1.29 is 9.53 Å². The number of hydrogen-bond acceptors (Lipinski definition) is 4. The lowest BCUT2D eigenvalue weighted by atomic mass is 10.0. The predicted molar refractivity (Wildman–Crippen MR) is 65.6 cm³/mol. The molecule has 0 aromatic heterocycles. The Labute approximate surface area is 102 Å². The van der Waals surface area contributed by atoms with Crippen molar-refractivity contribution in [1.29, 1.82) is 0 Å². The summed E-state index contributed by atoms with van der Waals surface area (Å²) < 4.78 is 4.74. The van der Waals surface area contributed by atoms with Crippen LogP contribution >= 0.6 is 0 Å². The van der Waals surface area contributed by atoms with Crippen LogP contribution in [-0.2, 0) is 9.53 Å². The molecule has 1 N–H and O–H groups in total. The fourth-order valence-corrected chi connectivity index (χ4v) is 2.17. The van der Waals surface area contributed by atoms with E-state index in [1.807, 2.05) is 18.2 Å². The Morgan fingerprint density at radius 2 is 2.24 bits per heavy atom. The van der Waals surface area contributed by atoms with E-state index < -0.39 is 0 Å². The summed E-state index contributed by atoms with van der Waals surface area (Å²) in [6.07, 6.45) is 0. The molecule has 1 aliphatic rings. The fourth-order valence-electron chi connectivity index (χ4n) is 2.17. The van der Waals surface area contributed by atoms with Crippen LogP contribution in [0.25, 0.3) is 0 Å². The first kappa shape index (κ1) is 12.1. The Morgan fingerprint density at radius 1 is 1.47 bits per heavy atom. The van der Waals surface area contributed by atoms with Crippen LogP contribution in [0.2, 0.25) is 0 Å². The van der Waals surface area contributed by atoms with Crippen molar-refractivity contribution in [3.05, 3.63) is 35.9 Å². The first-order valence-corrected chi connectivity index (χ1v) is 5.88. The third-order valence-corrected chi connectivity index (χ3v) is 3.10. The largest absolute Gasteiger partial charge is 0.468 e. The quantitative estimate of drug-likeness (QED) is 0.786. The van der Waals surface area contributed by atoms with Crippen LogP contribution < -0.4 is 5.32 Å². The highest BCUT2D eigenvalue weighted by Crippen LogP contribution is 2.21. The lowest BCUT2D eigenvalue weighted by Gasteiger charge is -2.35. The lowest BCUT2D eigenvalue weighted by Crippen LogP contribution is -2.47. The topological polar surface area (TPSA) is 41.6 Å². The van der Waals surface area contributed by atoms with Gasteiger partial charge in [-0.05, 0) is 5.56 Å². The molecule has 92 valence electrons. The van der Waals surface area contributed by atoms with Gasteiger partial charge in [-0.2, -0.15) is 0 Å². The summed E-state index contributed by atoms with van der Waals surface area (Å²) in [5.41, 5.74) is 1.24. The number of nitrogens with zero attached hydrogens (tertiary/aromatic N) is 1. The van der Waals surface area contributed by atoms with Gasteiger partial charge in [0.25, 0.3) is 0 Å². The van der Waals surface area contributed by atoms with E-state index in [0.717, 1.165) is 19.6 Å². The number of hydrogen-bond donors (Lipinski definition) is 1. The Kier molecular flexibility index (Phi) is 4.12. The Balaban J connectivity index is 2.09. The van der Waals surface area contributed by atoms with Crippen LogP contribution in [0.1, 0.15) is 11.6 Å². The lowest BCUT2D eigenvalue weighted by molar-refractivity contribution is -0.142. The highest BCUT2D eigenvalue weighted by Gasteiger charge is 2.25. The summed E-state index contributed by atoms with van der Waals surface area (Å²) in [6, 6.07) is 10.5. The van der Waals surface area contributed by atoms with Crippen molar-refractivity contribution in [3.63, 3.8) is 0 Å². The van der Waals surface area contributed by atoms with Crippen molar-refractivity contribution in [3.8, 4) is 0 Å². The van der Waals surface area contributed by atoms with Crippen molar-refractivity contribution in [2.45, 2.75) is 6.04 Å². The van der Waals surface area contributed by atoms with Crippen LogP contribution in [-0.4, -0.2) is 44.2 Å². The van der Waals surface area contributed by atoms with Gasteiger partial charge in [0.2, 0.25) is 0 Å². The summed E-state index contributed by atoms with van der Waals surface area (Å²) in [7, 11) is 1.43. The molecule has 0 saturated carbocycles. The number of nitrogens with one attached hydrogen (secondary N) is 1. The first-order valence-electron chi connectivity index (χ1n) is 5.88. The molecule has 1 heterocycles. The highest BCUT2D eigenvalue weighted by molar-refractivity contribution is 5.71. The minimum atomic E-state index is -0.173. The van der Waals surface area contributed by atoms with Gasteiger partial charge in [0.05, 0.1) is 13.7 Å². The van der Waals surface area contributed by atoms with Crippen molar-refractivity contribution in [1.82, 2.24) is 10.2 Å². The third kappa shape index (κ3) is 3.05. The van der Waals surface area contributed by atoms with E-state index in [1.165, 1.54) is 12.7 Å². The fraction of sp³-hybridized carbons (Fsp3) is 0.462. The second kappa shape index (κ2) is 5.80. The molecule has 0 bridgehead atoms. The van der Waals surface area contributed by atoms with Gasteiger partial charge in [-0.1, -0.05) is 30.3 Å². The monoisotopic (exact) mass is 234 g/mol. The maximum atomic E-state index is 11.4. The van der Waals surface area contributed by atoms with Crippen LogP contribution in [0.4, 0.5) is 0 Å². The van der Waals surface area contributed by atoms with E-state index in [-0.39, 0.29) is 12.0 Å². The van der Waals surface area contributed by atoms with Gasteiger partial charge in [-0.3, -0.25) is 9.69 Å². The van der Waals surface area contributed by atoms with Gasteiger partial charge in [0, 0.05) is 25.7 Å². The number of methoxy groups -OCH3 is 1. The molecule has 1 atom stereocenters. The number of rotatable bonds is 3. The first-order chi connectivity index (χ1) is 8.31. The molecule has 1 aromatic rings. The summed E-state index contributed by atoms with van der Waals surface area (Å²) in [6.45, 7) is 3.02. The standard InChI is InChI=1S/C13H18N2O2/c1-17-13(16)10-15-8-7-14-9-12(15)11-5-3-2-4-6-11/h2-6,12,14H,7-10H2,1H3. The SMILES string of the molecule is COC(=O)CN1CCNCC1c1ccccc1. The normalized spacial score (nSPS) is 21.1. The zero-order valence-corrected chi connectivity index (χ0v) is 10.1. The van der Waals surface area contributed by atoms with Crippen molar-refractivity contribution >= 4 is 5.97 Å². The van der Waals surface area contributed by atoms with Crippen molar-refractivity contribution in [2.75, 3.05) is 33.3 Å². The van der Waals surface area contributed by atoms with Gasteiger partial charge in [0.15, 0.2) is 0 Å². The second-order valence-corrected chi connectivity index (χ2v) is 4.18. The van der Waals surface area contributed by atoms with E-state index in [0.29, 0.717) is 6.54 Å². The number of piperazine rings is 1. The number of ether oxygens (including phenoxy) is 1. The Morgan fingerprint density at radius 3 is 2.94 bits per heavy atom. The zero-order chi connectivity index (χ0) is 12.1.